The van der Waals surface area contributed by atoms with Crippen LogP contribution in [0.15, 0.2) is 47.1 Å². The lowest BCUT2D eigenvalue weighted by Gasteiger charge is -2.24. The first-order valence-electron chi connectivity index (χ1n) is 12.2. The van der Waals surface area contributed by atoms with E-state index in [0.29, 0.717) is 29.7 Å². The Balaban J connectivity index is 1.95. The standard InChI is InChI=1S/C27H35N3O5S/c1-4-5-11-23(25(31)18-36-17-22-10-7-12-34-22)29-26(32)24(13-19(2)3)30-27(33)35-16-21-9-6-8-20(14-21)15-28/h6-10,12,14,19,23-24H,4-5,11,13,16-18H2,1-3H3,(H,29,32)(H,30,33)/t23-,24-/m0/s1. The highest BCUT2D eigenvalue weighted by Crippen LogP contribution is 2.15. The van der Waals surface area contributed by atoms with Crippen LogP contribution in [0.5, 0.6) is 0 Å². The predicted molar refractivity (Wildman–Crippen MR) is 139 cm³/mol. The van der Waals surface area contributed by atoms with E-state index in [1.165, 1.54) is 11.8 Å². The Morgan fingerprint density at radius 1 is 1.14 bits per heavy atom. The lowest BCUT2D eigenvalue weighted by atomic mass is 10.0. The number of nitrogens with one attached hydrogen (secondary N) is 2. The van der Waals surface area contributed by atoms with Crippen molar-refractivity contribution in [3.63, 3.8) is 0 Å². The second-order valence-corrected chi connectivity index (χ2v) is 9.94. The molecule has 0 aliphatic heterocycles. The number of thioether (sulfide) groups is 1. The number of rotatable bonds is 15. The molecule has 0 saturated heterocycles. The molecule has 2 amide bonds. The van der Waals surface area contributed by atoms with Crippen molar-refractivity contribution < 1.29 is 23.5 Å². The number of ketones is 1. The van der Waals surface area contributed by atoms with Crippen molar-refractivity contribution in [2.45, 2.75) is 70.9 Å². The molecule has 0 radical (unpaired) electrons. The van der Waals surface area contributed by atoms with Crippen molar-refractivity contribution in [1.29, 1.82) is 5.26 Å². The second-order valence-electron chi connectivity index (χ2n) is 8.96. The quantitative estimate of drug-likeness (QED) is 0.345. The van der Waals surface area contributed by atoms with Crippen molar-refractivity contribution >= 4 is 29.5 Å². The first-order chi connectivity index (χ1) is 17.3. The maximum atomic E-state index is 13.1. The zero-order valence-electron chi connectivity index (χ0n) is 21.1. The summed E-state index contributed by atoms with van der Waals surface area (Å²) in [6.45, 7) is 5.90. The minimum Gasteiger partial charge on any atom is -0.468 e. The van der Waals surface area contributed by atoms with E-state index in [2.05, 4.69) is 10.6 Å². The smallest absolute Gasteiger partial charge is 0.408 e. The van der Waals surface area contributed by atoms with Crippen LogP contribution in [-0.2, 0) is 26.7 Å². The first-order valence-corrected chi connectivity index (χ1v) is 13.3. The van der Waals surface area contributed by atoms with E-state index in [0.717, 1.165) is 18.6 Å². The number of nitrogens with zero attached hydrogens (tertiary/aromatic N) is 1. The molecule has 0 unspecified atom stereocenters. The van der Waals surface area contributed by atoms with Crippen molar-refractivity contribution in [1.82, 2.24) is 10.6 Å². The number of benzene rings is 1. The van der Waals surface area contributed by atoms with Gasteiger partial charge in [-0.2, -0.15) is 5.26 Å². The Morgan fingerprint density at radius 2 is 1.94 bits per heavy atom. The first kappa shape index (κ1) is 29.0. The van der Waals surface area contributed by atoms with E-state index in [9.17, 15) is 14.4 Å². The van der Waals surface area contributed by atoms with Crippen LogP contribution in [0.2, 0.25) is 0 Å². The molecule has 8 nitrogen and oxygen atoms in total. The zero-order valence-corrected chi connectivity index (χ0v) is 21.9. The molecule has 0 aliphatic rings. The molecule has 2 atom stereocenters. The maximum Gasteiger partial charge on any atom is 0.408 e. The normalized spacial score (nSPS) is 12.4. The molecule has 2 aromatic rings. The molecule has 1 aromatic heterocycles. The van der Waals surface area contributed by atoms with Crippen LogP contribution in [0.3, 0.4) is 0 Å². The number of carbonyl (C=O) groups is 3. The maximum absolute atomic E-state index is 13.1. The molecule has 0 bridgehead atoms. The summed E-state index contributed by atoms with van der Waals surface area (Å²) in [6, 6.07) is 11.0. The van der Waals surface area contributed by atoms with Crippen molar-refractivity contribution in [2.24, 2.45) is 5.92 Å². The summed E-state index contributed by atoms with van der Waals surface area (Å²) >= 11 is 1.44. The minimum absolute atomic E-state index is 0.0259. The van der Waals surface area contributed by atoms with Gasteiger partial charge in [-0.25, -0.2) is 4.79 Å². The number of hydrogen-bond acceptors (Lipinski definition) is 7. The van der Waals surface area contributed by atoms with Crippen LogP contribution in [0.1, 0.15) is 63.3 Å². The molecule has 1 aromatic carbocycles. The molecule has 2 rings (SSSR count). The van der Waals surface area contributed by atoms with Crippen LogP contribution < -0.4 is 10.6 Å². The molecule has 36 heavy (non-hydrogen) atoms. The number of hydrogen-bond donors (Lipinski definition) is 2. The second kappa shape index (κ2) is 15.7. The van der Waals surface area contributed by atoms with Crippen molar-refractivity contribution in [2.75, 3.05) is 5.75 Å². The van der Waals surface area contributed by atoms with E-state index in [1.807, 2.05) is 32.9 Å². The van der Waals surface area contributed by atoms with Gasteiger partial charge in [0.2, 0.25) is 5.91 Å². The van der Waals surface area contributed by atoms with E-state index >= 15 is 0 Å². The van der Waals surface area contributed by atoms with Crippen LogP contribution >= 0.6 is 11.8 Å². The van der Waals surface area contributed by atoms with E-state index < -0.39 is 24.1 Å². The highest BCUT2D eigenvalue weighted by Gasteiger charge is 2.27. The SMILES string of the molecule is CCCC[C@H](NC(=O)[C@H](CC(C)C)NC(=O)OCc1cccc(C#N)c1)C(=O)CSCc1ccco1. The fourth-order valence-corrected chi connectivity index (χ4v) is 4.38. The topological polar surface area (TPSA) is 121 Å². The van der Waals surface area contributed by atoms with Crippen molar-refractivity contribution in [3.8, 4) is 6.07 Å². The summed E-state index contributed by atoms with van der Waals surface area (Å²) in [4.78, 5) is 38.5. The highest BCUT2D eigenvalue weighted by molar-refractivity contribution is 7.99. The van der Waals surface area contributed by atoms with Gasteiger partial charge in [0.25, 0.3) is 0 Å². The largest absolute Gasteiger partial charge is 0.468 e. The van der Waals surface area contributed by atoms with Gasteiger partial charge in [0.1, 0.15) is 18.4 Å². The van der Waals surface area contributed by atoms with E-state index in [4.69, 9.17) is 14.4 Å². The number of nitriles is 1. The highest BCUT2D eigenvalue weighted by atomic mass is 32.2. The van der Waals surface area contributed by atoms with Gasteiger partial charge in [-0.05, 0) is 48.6 Å². The number of amides is 2. The summed E-state index contributed by atoms with van der Waals surface area (Å²) in [5.74, 6) is 1.28. The van der Waals surface area contributed by atoms with Gasteiger partial charge in [0.15, 0.2) is 5.78 Å². The Hall–Kier alpha value is -3.25. The molecule has 2 N–H and O–H groups in total. The van der Waals surface area contributed by atoms with Gasteiger partial charge in [0.05, 0.1) is 35.4 Å². The van der Waals surface area contributed by atoms with Gasteiger partial charge in [-0.3, -0.25) is 9.59 Å². The molecule has 0 aliphatic carbocycles. The molecule has 1 heterocycles. The Morgan fingerprint density at radius 3 is 2.61 bits per heavy atom. The third-order valence-electron chi connectivity index (χ3n) is 5.36. The van der Waals surface area contributed by atoms with Gasteiger partial charge in [-0.15, -0.1) is 11.8 Å². The van der Waals surface area contributed by atoms with Gasteiger partial charge < -0.3 is 19.8 Å². The average molecular weight is 514 g/mol. The molecule has 194 valence electrons. The van der Waals surface area contributed by atoms with Crippen LogP contribution in [-0.4, -0.2) is 35.6 Å². The number of carbonyl (C=O) groups excluding carboxylic acids is 3. The number of unbranched alkanes of at least 4 members (excludes halogenated alkanes) is 1. The number of Topliss-reactive ketones (excluding diaryl/α,β-unsaturated/α-hetero) is 1. The van der Waals surface area contributed by atoms with Crippen LogP contribution in [0.4, 0.5) is 4.79 Å². The summed E-state index contributed by atoms with van der Waals surface area (Å²) in [5.41, 5.74) is 1.14. The van der Waals surface area contributed by atoms with E-state index in [-0.39, 0.29) is 24.1 Å². The number of ether oxygens (including phenoxy) is 1. The fourth-order valence-electron chi connectivity index (χ4n) is 3.51. The third-order valence-corrected chi connectivity index (χ3v) is 6.34. The molecule has 0 spiro atoms. The molecular formula is C27H35N3O5S. The third kappa shape index (κ3) is 10.6. The summed E-state index contributed by atoms with van der Waals surface area (Å²) in [7, 11) is 0. The minimum atomic E-state index is -0.837. The Kier molecular flexibility index (Phi) is 12.6. The summed E-state index contributed by atoms with van der Waals surface area (Å²) in [5, 5.41) is 14.5. The Bertz CT molecular complexity index is 1020. The van der Waals surface area contributed by atoms with Gasteiger partial charge >= 0.3 is 6.09 Å². The molecular weight excluding hydrogens is 478 g/mol. The lowest BCUT2D eigenvalue weighted by molar-refractivity contribution is -0.128. The van der Waals surface area contributed by atoms with E-state index in [1.54, 1.807) is 36.6 Å². The van der Waals surface area contributed by atoms with Gasteiger partial charge in [-0.1, -0.05) is 45.7 Å². The number of alkyl carbamates (subject to hydrolysis) is 1. The monoisotopic (exact) mass is 513 g/mol. The molecule has 9 heteroatoms. The van der Waals surface area contributed by atoms with Crippen LogP contribution in [0.25, 0.3) is 0 Å². The average Bonchev–Trinajstić information content (AvgIpc) is 3.38. The van der Waals surface area contributed by atoms with Crippen molar-refractivity contribution in [3.05, 3.63) is 59.5 Å². The molecule has 0 saturated carbocycles. The van der Waals surface area contributed by atoms with Crippen LogP contribution in [0, 0.1) is 17.2 Å². The summed E-state index contributed by atoms with van der Waals surface area (Å²) < 4.78 is 10.6. The summed E-state index contributed by atoms with van der Waals surface area (Å²) in [6.07, 6.45) is 3.49. The van der Waals surface area contributed by atoms with Gasteiger partial charge in [0, 0.05) is 0 Å². The Labute approximate surface area is 217 Å². The predicted octanol–water partition coefficient (Wildman–Crippen LogP) is 4.97. The fraction of sp³-hybridized carbons (Fsp3) is 0.481. The lowest BCUT2D eigenvalue weighted by Crippen LogP contribution is -2.52. The zero-order chi connectivity index (χ0) is 26.3. The molecule has 0 fully saturated rings. The number of furan rings is 1.